The Morgan fingerprint density at radius 3 is 2.75 bits per heavy atom. The van der Waals surface area contributed by atoms with Crippen LogP contribution in [0, 0.1) is 6.92 Å². The normalized spacial score (nSPS) is 12.7. The van der Waals surface area contributed by atoms with E-state index in [1.807, 2.05) is 23.7 Å². The van der Waals surface area contributed by atoms with Gasteiger partial charge in [-0.2, -0.15) is 5.10 Å². The summed E-state index contributed by atoms with van der Waals surface area (Å²) in [5.74, 6) is 0. The maximum absolute atomic E-state index is 6.42. The summed E-state index contributed by atoms with van der Waals surface area (Å²) in [4.78, 5) is 4.39. The molecule has 0 aromatic carbocycles. The predicted molar refractivity (Wildman–Crippen MR) is 81.9 cm³/mol. The third-order valence-electron chi connectivity index (χ3n) is 3.51. The van der Waals surface area contributed by atoms with E-state index in [2.05, 4.69) is 23.9 Å². The lowest BCUT2D eigenvalue weighted by Gasteiger charge is -2.14. The van der Waals surface area contributed by atoms with Crippen molar-refractivity contribution >= 4 is 11.6 Å². The number of pyridine rings is 1. The van der Waals surface area contributed by atoms with Gasteiger partial charge in [0.15, 0.2) is 0 Å². The van der Waals surface area contributed by atoms with Crippen LogP contribution in [0.3, 0.4) is 0 Å². The maximum Gasteiger partial charge on any atom is 0.0850 e. The summed E-state index contributed by atoms with van der Waals surface area (Å²) in [6.45, 7) is 6.94. The van der Waals surface area contributed by atoms with Gasteiger partial charge < -0.3 is 5.73 Å². The Balaban J connectivity index is 2.30. The van der Waals surface area contributed by atoms with Gasteiger partial charge in [-0.3, -0.25) is 9.67 Å². The second-order valence-electron chi connectivity index (χ2n) is 4.89. The van der Waals surface area contributed by atoms with Gasteiger partial charge in [-0.05, 0) is 31.9 Å². The zero-order valence-corrected chi connectivity index (χ0v) is 13.0. The Kier molecular flexibility index (Phi) is 4.78. The molecule has 5 heteroatoms. The highest BCUT2D eigenvalue weighted by atomic mass is 35.5. The monoisotopic (exact) mass is 292 g/mol. The number of aryl methyl sites for hydroxylation is 3. The third-order valence-corrected chi connectivity index (χ3v) is 3.94. The van der Waals surface area contributed by atoms with Crippen LogP contribution in [-0.4, -0.2) is 14.8 Å². The fourth-order valence-electron chi connectivity index (χ4n) is 2.40. The van der Waals surface area contributed by atoms with E-state index in [-0.39, 0.29) is 6.04 Å². The van der Waals surface area contributed by atoms with Crippen molar-refractivity contribution in [2.75, 3.05) is 0 Å². The van der Waals surface area contributed by atoms with Gasteiger partial charge in [0, 0.05) is 19.2 Å². The molecule has 0 fully saturated rings. The van der Waals surface area contributed by atoms with E-state index >= 15 is 0 Å². The van der Waals surface area contributed by atoms with Crippen LogP contribution in [0.25, 0.3) is 0 Å². The lowest BCUT2D eigenvalue weighted by molar-refractivity contribution is 0.579. The average Bonchev–Trinajstić information content (AvgIpc) is 2.75. The van der Waals surface area contributed by atoms with Crippen molar-refractivity contribution in [3.05, 3.63) is 46.0 Å². The zero-order valence-electron chi connectivity index (χ0n) is 12.2. The summed E-state index contributed by atoms with van der Waals surface area (Å²) >= 11 is 6.42. The molecule has 0 aliphatic carbocycles. The molecule has 108 valence electrons. The first-order valence-electron chi connectivity index (χ1n) is 6.99. The average molecular weight is 293 g/mol. The number of hydrogen-bond acceptors (Lipinski definition) is 3. The Morgan fingerprint density at radius 1 is 1.40 bits per heavy atom. The first-order chi connectivity index (χ1) is 9.58. The summed E-state index contributed by atoms with van der Waals surface area (Å²) in [6.07, 6.45) is 3.26. The van der Waals surface area contributed by atoms with Crippen molar-refractivity contribution in [1.82, 2.24) is 14.8 Å². The Hall–Kier alpha value is -1.39. The summed E-state index contributed by atoms with van der Waals surface area (Å²) in [5, 5.41) is 5.27. The molecule has 2 N–H and O–H groups in total. The number of aromatic nitrogens is 3. The van der Waals surface area contributed by atoms with Gasteiger partial charge in [0.05, 0.1) is 28.1 Å². The van der Waals surface area contributed by atoms with Crippen LogP contribution in [0.2, 0.25) is 5.02 Å². The molecule has 0 saturated heterocycles. The highest BCUT2D eigenvalue weighted by molar-refractivity contribution is 6.31. The van der Waals surface area contributed by atoms with Crippen LogP contribution in [0.5, 0.6) is 0 Å². The number of rotatable bonds is 5. The molecule has 2 heterocycles. The standard InChI is InChI=1S/C15H21ClN4/c1-4-12-14(16)13(20(5-2)19-12)9-11(17)15-10(3)7-6-8-18-15/h6-8,11H,4-5,9,17H2,1-3H3. The van der Waals surface area contributed by atoms with Crippen LogP contribution in [0.1, 0.15) is 42.5 Å². The molecule has 2 rings (SSSR count). The lowest BCUT2D eigenvalue weighted by Crippen LogP contribution is -2.18. The van der Waals surface area contributed by atoms with Crippen LogP contribution < -0.4 is 5.73 Å². The minimum Gasteiger partial charge on any atom is -0.322 e. The van der Waals surface area contributed by atoms with Crippen molar-refractivity contribution in [2.24, 2.45) is 5.73 Å². The van der Waals surface area contributed by atoms with Crippen LogP contribution in [-0.2, 0) is 19.4 Å². The molecule has 0 radical (unpaired) electrons. The summed E-state index contributed by atoms with van der Waals surface area (Å²) < 4.78 is 1.94. The van der Waals surface area contributed by atoms with Gasteiger partial charge in [-0.1, -0.05) is 24.6 Å². The van der Waals surface area contributed by atoms with Gasteiger partial charge >= 0.3 is 0 Å². The molecule has 0 aliphatic heterocycles. The lowest BCUT2D eigenvalue weighted by atomic mass is 10.0. The van der Waals surface area contributed by atoms with E-state index in [0.29, 0.717) is 6.42 Å². The fraction of sp³-hybridized carbons (Fsp3) is 0.467. The summed E-state index contributed by atoms with van der Waals surface area (Å²) in [5.41, 5.74) is 10.3. The van der Waals surface area contributed by atoms with Crippen molar-refractivity contribution in [1.29, 1.82) is 0 Å². The molecule has 2 aromatic heterocycles. The first kappa shape index (κ1) is 15.0. The van der Waals surface area contributed by atoms with Crippen molar-refractivity contribution in [2.45, 2.75) is 46.2 Å². The maximum atomic E-state index is 6.42. The topological polar surface area (TPSA) is 56.7 Å². The van der Waals surface area contributed by atoms with Crippen LogP contribution >= 0.6 is 11.6 Å². The minimum absolute atomic E-state index is 0.166. The number of nitrogens with two attached hydrogens (primary N) is 1. The third kappa shape index (κ3) is 2.86. The predicted octanol–water partition coefficient (Wildman–Crippen LogP) is 3.06. The Labute approximate surface area is 125 Å². The van der Waals surface area contributed by atoms with Gasteiger partial charge in [-0.25, -0.2) is 0 Å². The largest absolute Gasteiger partial charge is 0.322 e. The molecular formula is C15H21ClN4. The Morgan fingerprint density at radius 2 is 2.15 bits per heavy atom. The molecule has 0 amide bonds. The fourth-order valence-corrected chi connectivity index (χ4v) is 2.75. The number of nitrogens with zero attached hydrogens (tertiary/aromatic N) is 3. The zero-order chi connectivity index (χ0) is 14.7. The molecule has 0 spiro atoms. The SMILES string of the molecule is CCc1nn(CC)c(CC(N)c2ncccc2C)c1Cl. The smallest absolute Gasteiger partial charge is 0.0850 e. The van der Waals surface area contributed by atoms with E-state index in [0.717, 1.165) is 40.6 Å². The van der Waals surface area contributed by atoms with Crippen LogP contribution in [0.15, 0.2) is 18.3 Å². The van der Waals surface area contributed by atoms with Crippen molar-refractivity contribution < 1.29 is 0 Å². The number of hydrogen-bond donors (Lipinski definition) is 1. The van der Waals surface area contributed by atoms with Gasteiger partial charge in [0.2, 0.25) is 0 Å². The van der Waals surface area contributed by atoms with Crippen molar-refractivity contribution in [3.8, 4) is 0 Å². The summed E-state index contributed by atoms with van der Waals surface area (Å²) in [6, 6.07) is 3.78. The van der Waals surface area contributed by atoms with Crippen LogP contribution in [0.4, 0.5) is 0 Å². The molecule has 4 nitrogen and oxygen atoms in total. The molecule has 2 aromatic rings. The van der Waals surface area contributed by atoms with E-state index < -0.39 is 0 Å². The molecule has 0 bridgehead atoms. The van der Waals surface area contributed by atoms with Crippen molar-refractivity contribution in [3.63, 3.8) is 0 Å². The molecule has 0 aliphatic rings. The van der Waals surface area contributed by atoms with Gasteiger partial charge in [0.25, 0.3) is 0 Å². The quantitative estimate of drug-likeness (QED) is 0.921. The second-order valence-corrected chi connectivity index (χ2v) is 5.27. The minimum atomic E-state index is -0.166. The molecular weight excluding hydrogens is 272 g/mol. The second kappa shape index (κ2) is 6.37. The van der Waals surface area contributed by atoms with E-state index in [1.54, 1.807) is 6.20 Å². The Bertz CT molecular complexity index is 592. The molecule has 0 saturated carbocycles. The van der Waals surface area contributed by atoms with E-state index in [1.165, 1.54) is 0 Å². The highest BCUT2D eigenvalue weighted by Crippen LogP contribution is 2.26. The highest BCUT2D eigenvalue weighted by Gasteiger charge is 2.19. The van der Waals surface area contributed by atoms with E-state index in [9.17, 15) is 0 Å². The number of halogens is 1. The van der Waals surface area contributed by atoms with E-state index in [4.69, 9.17) is 17.3 Å². The first-order valence-corrected chi connectivity index (χ1v) is 7.37. The summed E-state index contributed by atoms with van der Waals surface area (Å²) in [7, 11) is 0. The molecule has 1 atom stereocenters. The van der Waals surface area contributed by atoms with Gasteiger partial charge in [0.1, 0.15) is 0 Å². The molecule has 1 unspecified atom stereocenters. The van der Waals surface area contributed by atoms with Gasteiger partial charge in [-0.15, -0.1) is 0 Å². The molecule has 20 heavy (non-hydrogen) atoms.